The van der Waals surface area contributed by atoms with Crippen molar-refractivity contribution in [3.63, 3.8) is 0 Å². The van der Waals surface area contributed by atoms with E-state index in [9.17, 15) is 9.59 Å². The maximum Gasteiger partial charge on any atom is 0.251 e. The van der Waals surface area contributed by atoms with Crippen molar-refractivity contribution >= 4 is 11.6 Å². The SMILES string of the molecule is CCOCCN(CC)C(=O)Cn1cc(N)ccc1=O. The number of likely N-dealkylation sites (N-methyl/N-ethyl adjacent to an activating group) is 1. The third-order valence-corrected chi connectivity index (χ3v) is 2.76. The van der Waals surface area contributed by atoms with Gasteiger partial charge >= 0.3 is 0 Å². The Morgan fingerprint density at radius 1 is 1.42 bits per heavy atom. The summed E-state index contributed by atoms with van der Waals surface area (Å²) >= 11 is 0. The van der Waals surface area contributed by atoms with Crippen molar-refractivity contribution in [1.29, 1.82) is 0 Å². The molecule has 106 valence electrons. The van der Waals surface area contributed by atoms with Gasteiger partial charge in [0.15, 0.2) is 0 Å². The largest absolute Gasteiger partial charge is 0.398 e. The molecule has 6 nitrogen and oxygen atoms in total. The van der Waals surface area contributed by atoms with Crippen molar-refractivity contribution < 1.29 is 9.53 Å². The highest BCUT2D eigenvalue weighted by atomic mass is 16.5. The number of carbonyl (C=O) groups is 1. The van der Waals surface area contributed by atoms with Crippen LogP contribution in [0.2, 0.25) is 0 Å². The predicted molar refractivity (Wildman–Crippen MR) is 73.9 cm³/mol. The van der Waals surface area contributed by atoms with Crippen LogP contribution in [0.1, 0.15) is 13.8 Å². The molecule has 0 fully saturated rings. The molecule has 19 heavy (non-hydrogen) atoms. The molecule has 0 saturated carbocycles. The topological polar surface area (TPSA) is 77.6 Å². The van der Waals surface area contributed by atoms with Crippen LogP contribution in [0.25, 0.3) is 0 Å². The van der Waals surface area contributed by atoms with Crippen molar-refractivity contribution in [2.75, 3.05) is 32.0 Å². The maximum atomic E-state index is 12.1. The Labute approximate surface area is 112 Å². The summed E-state index contributed by atoms with van der Waals surface area (Å²) in [6.07, 6.45) is 1.48. The number of nitrogens with two attached hydrogens (primary N) is 1. The summed E-state index contributed by atoms with van der Waals surface area (Å²) in [7, 11) is 0. The summed E-state index contributed by atoms with van der Waals surface area (Å²) in [5.41, 5.74) is 5.84. The number of aromatic nitrogens is 1. The number of hydrogen-bond donors (Lipinski definition) is 1. The average Bonchev–Trinajstić information content (AvgIpc) is 2.39. The Hall–Kier alpha value is -1.82. The predicted octanol–water partition coefficient (Wildman–Crippen LogP) is 0.316. The Balaban J connectivity index is 2.66. The van der Waals surface area contributed by atoms with Gasteiger partial charge in [0.05, 0.1) is 6.61 Å². The van der Waals surface area contributed by atoms with E-state index in [1.165, 1.54) is 22.9 Å². The number of pyridine rings is 1. The summed E-state index contributed by atoms with van der Waals surface area (Å²) < 4.78 is 6.55. The zero-order valence-electron chi connectivity index (χ0n) is 11.5. The molecule has 6 heteroatoms. The van der Waals surface area contributed by atoms with Crippen molar-refractivity contribution in [1.82, 2.24) is 9.47 Å². The molecular formula is C13H21N3O3. The minimum absolute atomic E-state index is 0.00381. The van der Waals surface area contributed by atoms with Gasteiger partial charge in [-0.3, -0.25) is 9.59 Å². The van der Waals surface area contributed by atoms with Gasteiger partial charge in [-0.25, -0.2) is 0 Å². The molecule has 0 bridgehead atoms. The van der Waals surface area contributed by atoms with Crippen molar-refractivity contribution in [2.45, 2.75) is 20.4 Å². The molecule has 0 spiro atoms. The summed E-state index contributed by atoms with van der Waals surface area (Å²) in [6, 6.07) is 2.88. The van der Waals surface area contributed by atoms with Gasteiger partial charge in [-0.15, -0.1) is 0 Å². The normalized spacial score (nSPS) is 10.4. The van der Waals surface area contributed by atoms with E-state index >= 15 is 0 Å². The van der Waals surface area contributed by atoms with Crippen LogP contribution in [-0.2, 0) is 16.1 Å². The first-order valence-corrected chi connectivity index (χ1v) is 6.40. The number of rotatable bonds is 7. The maximum absolute atomic E-state index is 12.1. The van der Waals surface area contributed by atoms with Gasteiger partial charge < -0.3 is 19.9 Å². The molecule has 1 amide bonds. The first-order valence-electron chi connectivity index (χ1n) is 6.40. The molecule has 0 unspecified atom stereocenters. The number of ether oxygens (including phenoxy) is 1. The molecule has 0 aliphatic heterocycles. The molecule has 0 aliphatic carbocycles. The fourth-order valence-corrected chi connectivity index (χ4v) is 1.70. The lowest BCUT2D eigenvalue weighted by Crippen LogP contribution is -2.38. The van der Waals surface area contributed by atoms with Crippen LogP contribution < -0.4 is 11.3 Å². The highest BCUT2D eigenvalue weighted by Gasteiger charge is 2.12. The van der Waals surface area contributed by atoms with E-state index in [0.29, 0.717) is 32.0 Å². The van der Waals surface area contributed by atoms with Gasteiger partial charge in [0, 0.05) is 37.6 Å². The fourth-order valence-electron chi connectivity index (χ4n) is 1.70. The lowest BCUT2D eigenvalue weighted by molar-refractivity contribution is -0.132. The molecule has 0 aliphatic rings. The van der Waals surface area contributed by atoms with Crippen LogP contribution in [0, 0.1) is 0 Å². The van der Waals surface area contributed by atoms with E-state index in [-0.39, 0.29) is 18.0 Å². The van der Waals surface area contributed by atoms with Crippen molar-refractivity contribution in [2.24, 2.45) is 0 Å². The van der Waals surface area contributed by atoms with Gasteiger partial charge in [0.25, 0.3) is 5.56 Å². The van der Waals surface area contributed by atoms with E-state index < -0.39 is 0 Å². The van der Waals surface area contributed by atoms with Gasteiger partial charge in [-0.2, -0.15) is 0 Å². The van der Waals surface area contributed by atoms with E-state index in [1.54, 1.807) is 4.90 Å². The number of nitrogen functional groups attached to an aromatic ring is 1. The highest BCUT2D eigenvalue weighted by molar-refractivity contribution is 5.76. The standard InChI is InChI=1S/C13H21N3O3/c1-3-15(7-8-19-4-2)13(18)10-16-9-11(14)5-6-12(16)17/h5-6,9H,3-4,7-8,10,14H2,1-2H3. The van der Waals surface area contributed by atoms with Gasteiger partial charge in [0.1, 0.15) is 6.54 Å². The Bertz CT molecular complexity index is 470. The Morgan fingerprint density at radius 2 is 2.16 bits per heavy atom. The highest BCUT2D eigenvalue weighted by Crippen LogP contribution is 1.98. The van der Waals surface area contributed by atoms with Crippen molar-refractivity contribution in [3.05, 3.63) is 28.7 Å². The Kier molecular flexibility index (Phi) is 6.08. The van der Waals surface area contributed by atoms with E-state index in [4.69, 9.17) is 10.5 Å². The Morgan fingerprint density at radius 3 is 2.79 bits per heavy atom. The van der Waals surface area contributed by atoms with Gasteiger partial charge in [0.2, 0.25) is 5.91 Å². The first kappa shape index (κ1) is 15.2. The number of amides is 1. The van der Waals surface area contributed by atoms with Gasteiger partial charge in [-0.1, -0.05) is 0 Å². The molecule has 1 rings (SSSR count). The zero-order chi connectivity index (χ0) is 14.3. The van der Waals surface area contributed by atoms with Crippen LogP contribution >= 0.6 is 0 Å². The average molecular weight is 267 g/mol. The van der Waals surface area contributed by atoms with Crippen LogP contribution in [0.15, 0.2) is 23.1 Å². The quantitative estimate of drug-likeness (QED) is 0.721. The van der Waals surface area contributed by atoms with E-state index in [2.05, 4.69) is 0 Å². The van der Waals surface area contributed by atoms with Gasteiger partial charge in [-0.05, 0) is 19.9 Å². The minimum Gasteiger partial charge on any atom is -0.398 e. The lowest BCUT2D eigenvalue weighted by atomic mass is 10.4. The molecule has 2 N–H and O–H groups in total. The zero-order valence-corrected chi connectivity index (χ0v) is 11.5. The number of hydrogen-bond acceptors (Lipinski definition) is 4. The minimum atomic E-state index is -0.233. The first-order chi connectivity index (χ1) is 9.08. The lowest BCUT2D eigenvalue weighted by Gasteiger charge is -2.21. The van der Waals surface area contributed by atoms with Crippen LogP contribution in [0.5, 0.6) is 0 Å². The fraction of sp³-hybridized carbons (Fsp3) is 0.538. The van der Waals surface area contributed by atoms with E-state index in [0.717, 1.165) is 0 Å². The van der Waals surface area contributed by atoms with Crippen molar-refractivity contribution in [3.8, 4) is 0 Å². The second-order valence-electron chi connectivity index (χ2n) is 4.10. The molecule has 0 saturated heterocycles. The second-order valence-corrected chi connectivity index (χ2v) is 4.10. The number of carbonyl (C=O) groups excluding carboxylic acids is 1. The van der Waals surface area contributed by atoms with E-state index in [1.807, 2.05) is 13.8 Å². The summed E-state index contributed by atoms with van der Waals surface area (Å²) in [6.45, 7) is 6.05. The third kappa shape index (κ3) is 4.75. The molecule has 1 aromatic rings. The third-order valence-electron chi connectivity index (χ3n) is 2.76. The van der Waals surface area contributed by atoms with Crippen LogP contribution in [-0.4, -0.2) is 41.7 Å². The molecule has 1 heterocycles. The molecule has 0 radical (unpaired) electrons. The molecule has 1 aromatic heterocycles. The summed E-state index contributed by atoms with van der Waals surface area (Å²) in [5.74, 6) is -0.116. The number of nitrogens with zero attached hydrogens (tertiary/aromatic N) is 2. The monoisotopic (exact) mass is 267 g/mol. The molecule has 0 atom stereocenters. The smallest absolute Gasteiger partial charge is 0.251 e. The molecular weight excluding hydrogens is 246 g/mol. The van der Waals surface area contributed by atoms with Crippen LogP contribution in [0.4, 0.5) is 5.69 Å². The van der Waals surface area contributed by atoms with Crippen LogP contribution in [0.3, 0.4) is 0 Å². The second kappa shape index (κ2) is 7.58. The molecule has 0 aromatic carbocycles. The summed E-state index contributed by atoms with van der Waals surface area (Å²) in [5, 5.41) is 0. The number of anilines is 1. The summed E-state index contributed by atoms with van der Waals surface area (Å²) in [4.78, 5) is 25.3.